The first-order chi connectivity index (χ1) is 11.1. The minimum Gasteiger partial charge on any atom is -0.507 e. The number of hydrogen-bond acceptors (Lipinski definition) is 4. The van der Waals surface area contributed by atoms with Crippen LogP contribution in [-0.4, -0.2) is 23.2 Å². The second kappa shape index (κ2) is 5.88. The lowest BCUT2D eigenvalue weighted by Crippen LogP contribution is -2.12. The number of rotatable bonds is 3. The van der Waals surface area contributed by atoms with Gasteiger partial charge in [0.05, 0.1) is 12.7 Å². The molecule has 0 atom stereocenters. The average Bonchev–Trinajstić information content (AvgIpc) is 2.55. The van der Waals surface area contributed by atoms with Crippen molar-refractivity contribution in [3.05, 3.63) is 60.2 Å². The van der Waals surface area contributed by atoms with E-state index in [4.69, 9.17) is 4.74 Å². The molecule has 0 saturated carbocycles. The SMILES string of the molecule is COc1cccc(NC(=O)c2cc3cccc(O)c3cc2O)c1. The van der Waals surface area contributed by atoms with E-state index < -0.39 is 5.91 Å². The van der Waals surface area contributed by atoms with Crippen LogP contribution < -0.4 is 10.1 Å². The first-order valence-electron chi connectivity index (χ1n) is 6.98. The highest BCUT2D eigenvalue weighted by Gasteiger charge is 2.14. The molecule has 0 unspecified atom stereocenters. The molecule has 5 heteroatoms. The molecule has 23 heavy (non-hydrogen) atoms. The average molecular weight is 309 g/mol. The van der Waals surface area contributed by atoms with Crippen molar-refractivity contribution in [3.8, 4) is 17.2 Å². The second-order valence-electron chi connectivity index (χ2n) is 5.05. The van der Waals surface area contributed by atoms with E-state index in [1.165, 1.54) is 12.1 Å². The molecule has 116 valence electrons. The lowest BCUT2D eigenvalue weighted by atomic mass is 10.0. The van der Waals surface area contributed by atoms with Crippen LogP contribution in [0.5, 0.6) is 17.2 Å². The van der Waals surface area contributed by atoms with E-state index in [1.54, 1.807) is 49.6 Å². The molecule has 1 amide bonds. The van der Waals surface area contributed by atoms with Crippen LogP contribution in [0, 0.1) is 0 Å². The molecular weight excluding hydrogens is 294 g/mol. The number of phenolic OH excluding ortho intramolecular Hbond substituents is 2. The summed E-state index contributed by atoms with van der Waals surface area (Å²) < 4.78 is 5.11. The summed E-state index contributed by atoms with van der Waals surface area (Å²) in [5.41, 5.74) is 0.690. The standard InChI is InChI=1S/C18H15NO4/c1-23-13-6-3-5-12(9-13)19-18(22)15-8-11-4-2-7-16(20)14(11)10-17(15)21/h2-10,20-21H,1H3,(H,19,22). The number of aromatic hydroxyl groups is 2. The predicted molar refractivity (Wildman–Crippen MR) is 88.2 cm³/mol. The smallest absolute Gasteiger partial charge is 0.259 e. The molecule has 0 bridgehead atoms. The number of fused-ring (bicyclic) bond motifs is 1. The number of ether oxygens (including phenoxy) is 1. The Hall–Kier alpha value is -3.21. The largest absolute Gasteiger partial charge is 0.507 e. The maximum atomic E-state index is 12.4. The molecule has 0 saturated heterocycles. The third-order valence-corrected chi connectivity index (χ3v) is 3.55. The molecule has 0 heterocycles. The number of anilines is 1. The number of phenols is 2. The van der Waals surface area contributed by atoms with Crippen molar-refractivity contribution in [2.75, 3.05) is 12.4 Å². The van der Waals surface area contributed by atoms with Gasteiger partial charge in [-0.1, -0.05) is 18.2 Å². The Morgan fingerprint density at radius 3 is 2.57 bits per heavy atom. The zero-order valence-electron chi connectivity index (χ0n) is 12.4. The summed E-state index contributed by atoms with van der Waals surface area (Å²) in [6.45, 7) is 0. The number of carbonyl (C=O) groups excluding carboxylic acids is 1. The number of nitrogens with one attached hydrogen (secondary N) is 1. The molecule has 3 N–H and O–H groups in total. The Balaban J connectivity index is 1.95. The molecule has 3 aromatic rings. The molecule has 0 fully saturated rings. The van der Waals surface area contributed by atoms with Crippen LogP contribution in [-0.2, 0) is 0 Å². The van der Waals surface area contributed by atoms with Crippen LogP contribution in [0.1, 0.15) is 10.4 Å². The van der Waals surface area contributed by atoms with Crippen molar-refractivity contribution < 1.29 is 19.7 Å². The number of benzene rings is 3. The van der Waals surface area contributed by atoms with E-state index in [1.807, 2.05) is 0 Å². The van der Waals surface area contributed by atoms with Crippen molar-refractivity contribution in [1.82, 2.24) is 0 Å². The normalized spacial score (nSPS) is 10.5. The van der Waals surface area contributed by atoms with Crippen LogP contribution in [0.2, 0.25) is 0 Å². The summed E-state index contributed by atoms with van der Waals surface area (Å²) in [6, 6.07) is 14.8. The van der Waals surface area contributed by atoms with Gasteiger partial charge in [0.25, 0.3) is 5.91 Å². The maximum absolute atomic E-state index is 12.4. The van der Waals surface area contributed by atoms with Crippen LogP contribution in [0.4, 0.5) is 5.69 Å². The van der Waals surface area contributed by atoms with E-state index in [0.717, 1.165) is 0 Å². The van der Waals surface area contributed by atoms with Gasteiger partial charge in [0.15, 0.2) is 0 Å². The van der Waals surface area contributed by atoms with Crippen LogP contribution >= 0.6 is 0 Å². The van der Waals surface area contributed by atoms with Gasteiger partial charge >= 0.3 is 0 Å². The Kier molecular flexibility index (Phi) is 3.76. The minimum absolute atomic E-state index is 0.0533. The number of hydrogen-bond donors (Lipinski definition) is 3. The quantitative estimate of drug-likeness (QED) is 0.692. The number of amides is 1. The van der Waals surface area contributed by atoms with Gasteiger partial charge < -0.3 is 20.3 Å². The van der Waals surface area contributed by atoms with Crippen molar-refractivity contribution in [2.45, 2.75) is 0 Å². The zero-order valence-corrected chi connectivity index (χ0v) is 12.4. The van der Waals surface area contributed by atoms with Gasteiger partial charge in [0.2, 0.25) is 0 Å². The minimum atomic E-state index is -0.444. The lowest BCUT2D eigenvalue weighted by molar-refractivity contribution is 0.102. The molecule has 5 nitrogen and oxygen atoms in total. The van der Waals surface area contributed by atoms with E-state index in [9.17, 15) is 15.0 Å². The van der Waals surface area contributed by atoms with E-state index in [-0.39, 0.29) is 17.1 Å². The summed E-state index contributed by atoms with van der Waals surface area (Å²) in [7, 11) is 1.54. The van der Waals surface area contributed by atoms with Gasteiger partial charge in [-0.05, 0) is 35.7 Å². The van der Waals surface area contributed by atoms with Crippen molar-refractivity contribution in [3.63, 3.8) is 0 Å². The summed E-state index contributed by atoms with van der Waals surface area (Å²) in [4.78, 5) is 12.4. The first-order valence-corrected chi connectivity index (χ1v) is 6.98. The predicted octanol–water partition coefficient (Wildman–Crippen LogP) is 3.51. The fourth-order valence-electron chi connectivity index (χ4n) is 2.38. The zero-order chi connectivity index (χ0) is 16.4. The van der Waals surface area contributed by atoms with Gasteiger partial charge in [-0.3, -0.25) is 4.79 Å². The Morgan fingerprint density at radius 2 is 1.78 bits per heavy atom. The summed E-state index contributed by atoms with van der Waals surface area (Å²) >= 11 is 0. The highest BCUT2D eigenvalue weighted by atomic mass is 16.5. The fraction of sp³-hybridized carbons (Fsp3) is 0.0556. The van der Waals surface area contributed by atoms with E-state index in [2.05, 4.69) is 5.32 Å². The topological polar surface area (TPSA) is 78.8 Å². The van der Waals surface area contributed by atoms with Crippen molar-refractivity contribution >= 4 is 22.4 Å². The van der Waals surface area contributed by atoms with Gasteiger partial charge in [0.1, 0.15) is 17.2 Å². The molecule has 3 rings (SSSR count). The monoisotopic (exact) mass is 309 g/mol. The number of carbonyl (C=O) groups is 1. The number of methoxy groups -OCH3 is 1. The maximum Gasteiger partial charge on any atom is 0.259 e. The Bertz CT molecular complexity index is 889. The summed E-state index contributed by atoms with van der Waals surface area (Å²) in [6.07, 6.45) is 0. The van der Waals surface area contributed by atoms with Crippen LogP contribution in [0.25, 0.3) is 10.8 Å². The second-order valence-corrected chi connectivity index (χ2v) is 5.05. The van der Waals surface area contributed by atoms with E-state index >= 15 is 0 Å². The highest BCUT2D eigenvalue weighted by molar-refractivity contribution is 6.09. The van der Waals surface area contributed by atoms with Crippen LogP contribution in [0.15, 0.2) is 54.6 Å². The summed E-state index contributed by atoms with van der Waals surface area (Å²) in [5.74, 6) is 0.0356. The van der Waals surface area contributed by atoms with Gasteiger partial charge in [-0.25, -0.2) is 0 Å². The molecule has 3 aromatic carbocycles. The van der Waals surface area contributed by atoms with Crippen molar-refractivity contribution in [2.24, 2.45) is 0 Å². The third kappa shape index (κ3) is 2.89. The fourth-order valence-corrected chi connectivity index (χ4v) is 2.38. The van der Waals surface area contributed by atoms with E-state index in [0.29, 0.717) is 22.2 Å². The third-order valence-electron chi connectivity index (χ3n) is 3.55. The molecule has 0 aliphatic rings. The molecule has 0 aliphatic heterocycles. The van der Waals surface area contributed by atoms with Gasteiger partial charge in [-0.15, -0.1) is 0 Å². The Morgan fingerprint density at radius 1 is 1.00 bits per heavy atom. The van der Waals surface area contributed by atoms with Gasteiger partial charge in [-0.2, -0.15) is 0 Å². The molecular formula is C18H15NO4. The van der Waals surface area contributed by atoms with Crippen molar-refractivity contribution in [1.29, 1.82) is 0 Å². The molecule has 0 aliphatic carbocycles. The Labute approximate surface area is 132 Å². The molecule has 0 radical (unpaired) electrons. The molecule has 0 spiro atoms. The highest BCUT2D eigenvalue weighted by Crippen LogP contribution is 2.31. The van der Waals surface area contributed by atoms with Gasteiger partial charge in [0, 0.05) is 17.1 Å². The summed E-state index contributed by atoms with van der Waals surface area (Å²) in [5, 5.41) is 23.7. The molecule has 0 aromatic heterocycles. The van der Waals surface area contributed by atoms with Crippen LogP contribution in [0.3, 0.4) is 0 Å². The first kappa shape index (κ1) is 14.7. The lowest BCUT2D eigenvalue weighted by Gasteiger charge is -2.10.